The number of nitrogens with one attached hydrogen (secondary N) is 2. The smallest absolute Gasteiger partial charge is 0.315 e. The molecule has 0 spiro atoms. The summed E-state index contributed by atoms with van der Waals surface area (Å²) in [4.78, 5) is 24.8. The molecule has 120 valence electrons. The van der Waals surface area contributed by atoms with Crippen molar-refractivity contribution in [3.05, 3.63) is 0 Å². The highest BCUT2D eigenvalue weighted by molar-refractivity contribution is 5.78. The Hall–Kier alpha value is -1.26. The molecule has 2 aliphatic rings. The summed E-state index contributed by atoms with van der Waals surface area (Å²) in [6, 6.07) is 0.190. The summed E-state index contributed by atoms with van der Waals surface area (Å²) in [6.45, 7) is 0.404. The van der Waals surface area contributed by atoms with Gasteiger partial charge in [-0.25, -0.2) is 4.79 Å². The Balaban J connectivity index is 1.65. The lowest BCUT2D eigenvalue weighted by molar-refractivity contribution is -0.128. The Morgan fingerprint density at radius 3 is 2.48 bits per heavy atom. The Bertz CT molecular complexity index is 371. The van der Waals surface area contributed by atoms with Gasteiger partial charge in [-0.3, -0.25) is 4.79 Å². The van der Waals surface area contributed by atoms with E-state index in [1.165, 1.54) is 32.1 Å². The van der Waals surface area contributed by atoms with Gasteiger partial charge in [0.1, 0.15) is 0 Å². The summed E-state index contributed by atoms with van der Waals surface area (Å²) in [7, 11) is 3.45. The SMILES string of the molecule is CN(C)C(=O)CCNC(=O)N[C@@H]1CC[C@H]2CCCC[C@@H]2C1. The maximum absolute atomic E-state index is 11.9. The molecule has 2 fully saturated rings. The topological polar surface area (TPSA) is 61.4 Å². The lowest BCUT2D eigenvalue weighted by Gasteiger charge is -2.39. The normalized spacial score (nSPS) is 28.4. The predicted octanol–water partition coefficient (Wildman–Crippen LogP) is 2.12. The van der Waals surface area contributed by atoms with E-state index in [0.29, 0.717) is 19.0 Å². The van der Waals surface area contributed by atoms with Gasteiger partial charge in [-0.2, -0.15) is 0 Å². The van der Waals surface area contributed by atoms with E-state index in [2.05, 4.69) is 10.6 Å². The molecule has 2 saturated carbocycles. The Kier molecular flexibility index (Phi) is 5.88. The first-order valence-electron chi connectivity index (χ1n) is 8.30. The molecule has 0 unspecified atom stereocenters. The molecule has 5 nitrogen and oxygen atoms in total. The van der Waals surface area contributed by atoms with Crippen molar-refractivity contribution in [2.45, 2.75) is 57.4 Å². The number of carbonyl (C=O) groups excluding carboxylic acids is 2. The Labute approximate surface area is 127 Å². The molecule has 0 radical (unpaired) electrons. The first-order chi connectivity index (χ1) is 10.1. The fraction of sp³-hybridized carbons (Fsp3) is 0.875. The highest BCUT2D eigenvalue weighted by atomic mass is 16.2. The second-order valence-corrected chi connectivity index (χ2v) is 6.75. The third kappa shape index (κ3) is 4.90. The lowest BCUT2D eigenvalue weighted by atomic mass is 9.69. The molecule has 0 heterocycles. The number of carbonyl (C=O) groups is 2. The zero-order valence-electron chi connectivity index (χ0n) is 13.4. The third-order valence-electron chi connectivity index (χ3n) is 5.00. The average Bonchev–Trinajstić information content (AvgIpc) is 2.46. The summed E-state index contributed by atoms with van der Waals surface area (Å²) in [6.07, 6.45) is 9.31. The maximum Gasteiger partial charge on any atom is 0.315 e. The molecule has 0 aromatic carbocycles. The molecule has 5 heteroatoms. The van der Waals surface area contributed by atoms with Gasteiger partial charge in [0.2, 0.25) is 5.91 Å². The zero-order valence-corrected chi connectivity index (χ0v) is 13.4. The van der Waals surface area contributed by atoms with Crippen LogP contribution in [0, 0.1) is 11.8 Å². The van der Waals surface area contributed by atoms with Gasteiger partial charge in [-0.1, -0.05) is 25.7 Å². The number of nitrogens with zero attached hydrogens (tertiary/aromatic N) is 1. The van der Waals surface area contributed by atoms with E-state index in [9.17, 15) is 9.59 Å². The van der Waals surface area contributed by atoms with Crippen LogP contribution in [0.15, 0.2) is 0 Å². The van der Waals surface area contributed by atoms with Crippen molar-refractivity contribution in [2.24, 2.45) is 11.8 Å². The van der Waals surface area contributed by atoms with Gasteiger partial charge in [0.15, 0.2) is 0 Å². The summed E-state index contributed by atoms with van der Waals surface area (Å²) >= 11 is 0. The summed E-state index contributed by atoms with van der Waals surface area (Å²) in [5.74, 6) is 1.75. The molecule has 3 amide bonds. The van der Waals surface area contributed by atoms with Crippen LogP contribution >= 0.6 is 0 Å². The number of fused-ring (bicyclic) bond motifs is 1. The third-order valence-corrected chi connectivity index (χ3v) is 5.00. The van der Waals surface area contributed by atoms with Crippen molar-refractivity contribution in [1.29, 1.82) is 0 Å². The minimum atomic E-state index is -0.124. The van der Waals surface area contributed by atoms with Crippen LogP contribution in [0.25, 0.3) is 0 Å². The van der Waals surface area contributed by atoms with Crippen LogP contribution < -0.4 is 10.6 Å². The van der Waals surface area contributed by atoms with Crippen LogP contribution in [0.4, 0.5) is 4.79 Å². The van der Waals surface area contributed by atoms with E-state index in [-0.39, 0.29) is 11.9 Å². The van der Waals surface area contributed by atoms with E-state index in [1.54, 1.807) is 19.0 Å². The standard InChI is InChI=1S/C16H29N3O2/c1-19(2)15(20)9-10-17-16(21)18-14-8-7-12-5-3-4-6-13(12)11-14/h12-14H,3-11H2,1-2H3,(H2,17,18,21)/t12-,13-,14-/m1/s1. The molecule has 0 saturated heterocycles. The lowest BCUT2D eigenvalue weighted by Crippen LogP contribution is -2.46. The van der Waals surface area contributed by atoms with Gasteiger partial charge in [0.05, 0.1) is 0 Å². The molecule has 3 atom stereocenters. The van der Waals surface area contributed by atoms with Gasteiger partial charge >= 0.3 is 6.03 Å². The zero-order chi connectivity index (χ0) is 15.2. The first kappa shape index (κ1) is 16.1. The summed E-state index contributed by atoms with van der Waals surface area (Å²) in [5, 5.41) is 5.87. The van der Waals surface area contributed by atoms with Gasteiger partial charge in [0, 0.05) is 33.1 Å². The van der Waals surface area contributed by atoms with Gasteiger partial charge in [-0.15, -0.1) is 0 Å². The molecule has 2 aliphatic carbocycles. The average molecular weight is 295 g/mol. The molecule has 0 aromatic rings. The van der Waals surface area contributed by atoms with Crippen LogP contribution in [-0.4, -0.2) is 43.5 Å². The number of urea groups is 1. The van der Waals surface area contributed by atoms with Crippen LogP contribution in [0.3, 0.4) is 0 Å². The minimum absolute atomic E-state index is 0.0398. The fourth-order valence-corrected chi connectivity index (χ4v) is 3.75. The molecule has 2 rings (SSSR count). The molecular weight excluding hydrogens is 266 g/mol. The second kappa shape index (κ2) is 7.66. The number of amides is 3. The molecule has 0 bridgehead atoms. The summed E-state index contributed by atoms with van der Waals surface area (Å²) < 4.78 is 0. The van der Waals surface area contributed by atoms with Crippen molar-refractivity contribution in [3.63, 3.8) is 0 Å². The second-order valence-electron chi connectivity index (χ2n) is 6.75. The molecular formula is C16H29N3O2. The number of hydrogen-bond donors (Lipinski definition) is 2. The largest absolute Gasteiger partial charge is 0.349 e. The molecule has 21 heavy (non-hydrogen) atoms. The first-order valence-corrected chi connectivity index (χ1v) is 8.30. The molecule has 0 aromatic heterocycles. The van der Waals surface area contributed by atoms with Crippen LogP contribution in [0.1, 0.15) is 51.4 Å². The van der Waals surface area contributed by atoms with Crippen molar-refractivity contribution >= 4 is 11.9 Å². The van der Waals surface area contributed by atoms with Gasteiger partial charge < -0.3 is 15.5 Å². The van der Waals surface area contributed by atoms with E-state index in [1.807, 2.05) is 0 Å². The fourth-order valence-electron chi connectivity index (χ4n) is 3.75. The highest BCUT2D eigenvalue weighted by Gasteiger charge is 2.32. The highest BCUT2D eigenvalue weighted by Crippen LogP contribution is 2.40. The molecule has 0 aliphatic heterocycles. The van der Waals surface area contributed by atoms with E-state index in [0.717, 1.165) is 24.7 Å². The van der Waals surface area contributed by atoms with E-state index in [4.69, 9.17) is 0 Å². The number of hydrogen-bond acceptors (Lipinski definition) is 2. The summed E-state index contributed by atoms with van der Waals surface area (Å²) in [5.41, 5.74) is 0. The van der Waals surface area contributed by atoms with Gasteiger partial charge in [-0.05, 0) is 31.1 Å². The Morgan fingerprint density at radius 2 is 1.76 bits per heavy atom. The van der Waals surface area contributed by atoms with E-state index < -0.39 is 0 Å². The van der Waals surface area contributed by atoms with Crippen molar-refractivity contribution < 1.29 is 9.59 Å². The van der Waals surface area contributed by atoms with E-state index >= 15 is 0 Å². The Morgan fingerprint density at radius 1 is 1.05 bits per heavy atom. The van der Waals surface area contributed by atoms with Crippen LogP contribution in [0.5, 0.6) is 0 Å². The minimum Gasteiger partial charge on any atom is -0.349 e. The molecule has 2 N–H and O–H groups in total. The van der Waals surface area contributed by atoms with Crippen LogP contribution in [0.2, 0.25) is 0 Å². The number of rotatable bonds is 4. The van der Waals surface area contributed by atoms with Crippen LogP contribution in [-0.2, 0) is 4.79 Å². The van der Waals surface area contributed by atoms with Crippen molar-refractivity contribution in [1.82, 2.24) is 15.5 Å². The monoisotopic (exact) mass is 295 g/mol. The van der Waals surface area contributed by atoms with Crippen molar-refractivity contribution in [2.75, 3.05) is 20.6 Å². The maximum atomic E-state index is 11.9. The van der Waals surface area contributed by atoms with Gasteiger partial charge in [0.25, 0.3) is 0 Å². The quantitative estimate of drug-likeness (QED) is 0.834. The van der Waals surface area contributed by atoms with Crippen molar-refractivity contribution in [3.8, 4) is 0 Å². The predicted molar refractivity (Wildman–Crippen MR) is 82.9 cm³/mol.